The van der Waals surface area contributed by atoms with Gasteiger partial charge in [-0.05, 0) is 49.8 Å². The van der Waals surface area contributed by atoms with Crippen LogP contribution in [0, 0.1) is 22.7 Å². The number of anilines is 2. The summed E-state index contributed by atoms with van der Waals surface area (Å²) >= 11 is 1.34. The second kappa shape index (κ2) is 12.1. The molecule has 0 N–H and O–H groups in total. The van der Waals surface area contributed by atoms with Gasteiger partial charge in [-0.3, -0.25) is 4.79 Å². The first-order valence-corrected chi connectivity index (χ1v) is 14.8. The van der Waals surface area contributed by atoms with Crippen LogP contribution < -0.4 is 9.80 Å². The number of benzene rings is 2. The van der Waals surface area contributed by atoms with Gasteiger partial charge < -0.3 is 14.3 Å². The number of hydrogen-bond acceptors (Lipinski definition) is 9. The van der Waals surface area contributed by atoms with Crippen molar-refractivity contribution in [3.63, 3.8) is 0 Å². The van der Waals surface area contributed by atoms with Crippen LogP contribution in [0.25, 0.3) is 11.6 Å². The number of quaternary nitrogens is 1. The first kappa shape index (κ1) is 28.9. The minimum atomic E-state index is -0.212. The van der Waals surface area contributed by atoms with Crippen molar-refractivity contribution in [2.75, 3.05) is 63.2 Å². The third-order valence-electron chi connectivity index (χ3n) is 7.81. The Morgan fingerprint density at radius 3 is 2.29 bits per heavy atom. The number of thiazole rings is 1. The molecule has 42 heavy (non-hydrogen) atoms. The normalized spacial score (nSPS) is 16.9. The molecule has 5 rings (SSSR count). The molecule has 0 saturated carbocycles. The van der Waals surface area contributed by atoms with Crippen LogP contribution in [0.3, 0.4) is 0 Å². The highest BCUT2D eigenvalue weighted by atomic mass is 32.1. The number of nitrogens with zero attached hydrogens (tertiary/aromatic N) is 8. The smallest absolute Gasteiger partial charge is 0.232 e. The minimum Gasteiger partial charge on any atom is -0.372 e. The van der Waals surface area contributed by atoms with Crippen molar-refractivity contribution in [2.24, 2.45) is 10.2 Å². The van der Waals surface area contributed by atoms with Gasteiger partial charge in [0.15, 0.2) is 5.78 Å². The Labute approximate surface area is 250 Å². The van der Waals surface area contributed by atoms with Crippen molar-refractivity contribution >= 4 is 51.1 Å². The van der Waals surface area contributed by atoms with Crippen molar-refractivity contribution in [2.45, 2.75) is 13.8 Å². The van der Waals surface area contributed by atoms with Gasteiger partial charge in [-0.2, -0.15) is 15.5 Å². The second-order valence-corrected chi connectivity index (χ2v) is 11.9. The van der Waals surface area contributed by atoms with E-state index in [0.717, 1.165) is 65.8 Å². The molecule has 10 heteroatoms. The van der Waals surface area contributed by atoms with Gasteiger partial charge in [0.2, 0.25) is 5.13 Å². The van der Waals surface area contributed by atoms with E-state index in [9.17, 15) is 15.3 Å². The Kier molecular flexibility index (Phi) is 8.30. The maximum Gasteiger partial charge on any atom is 0.232 e. The topological polar surface area (TPSA) is 109 Å². The van der Waals surface area contributed by atoms with E-state index < -0.39 is 0 Å². The fourth-order valence-corrected chi connectivity index (χ4v) is 6.14. The molecule has 0 bridgehead atoms. The van der Waals surface area contributed by atoms with E-state index in [0.29, 0.717) is 27.4 Å². The molecule has 0 atom stereocenters. The number of azo groups is 1. The maximum absolute atomic E-state index is 13.6. The van der Waals surface area contributed by atoms with Gasteiger partial charge in [-0.15, -0.1) is 10.2 Å². The Morgan fingerprint density at radius 2 is 1.67 bits per heavy atom. The van der Waals surface area contributed by atoms with Crippen LogP contribution in [0.15, 0.2) is 69.9 Å². The Hall–Kier alpha value is -4.64. The molecule has 9 nitrogen and oxygen atoms in total. The lowest BCUT2D eigenvalue weighted by Gasteiger charge is -2.39. The number of Topliss-reactive ketones (excluding diaryl/α,β-unsaturated/α-hetero) is 1. The van der Waals surface area contributed by atoms with Crippen LogP contribution in [0.5, 0.6) is 0 Å². The number of nitriles is 2. The summed E-state index contributed by atoms with van der Waals surface area (Å²) in [5.41, 5.74) is 3.54. The van der Waals surface area contributed by atoms with E-state index in [1.807, 2.05) is 36.4 Å². The molecule has 2 aromatic carbocycles. The summed E-state index contributed by atoms with van der Waals surface area (Å²) in [5, 5.41) is 28.9. The highest BCUT2D eigenvalue weighted by Crippen LogP contribution is 2.42. The van der Waals surface area contributed by atoms with Gasteiger partial charge in [0.1, 0.15) is 23.5 Å². The molecule has 1 aromatic heterocycles. The number of fused-ring (bicyclic) bond motifs is 1. The quantitative estimate of drug-likeness (QED) is 0.139. The second-order valence-electron chi connectivity index (χ2n) is 10.8. The fourth-order valence-electron chi connectivity index (χ4n) is 5.29. The number of hydrogen-bond donors (Lipinski definition) is 0. The molecular weight excluding hydrogens is 544 g/mol. The first-order valence-electron chi connectivity index (χ1n) is 14.0. The van der Waals surface area contributed by atoms with E-state index in [2.05, 4.69) is 48.0 Å². The summed E-state index contributed by atoms with van der Waals surface area (Å²) in [6.07, 6.45) is 1.77. The average Bonchev–Trinajstić information content (AvgIpc) is 3.53. The Balaban J connectivity index is 1.55. The number of carbonyl (C=O) groups excluding carboxylic acids is 1. The third-order valence-corrected chi connectivity index (χ3v) is 8.68. The summed E-state index contributed by atoms with van der Waals surface area (Å²) in [5.74, 6) is 0.521. The Bertz CT molecular complexity index is 1650. The van der Waals surface area contributed by atoms with Crippen LogP contribution in [0.1, 0.15) is 34.6 Å². The van der Waals surface area contributed by atoms with Crippen LogP contribution in [-0.4, -0.2) is 68.6 Å². The molecule has 0 unspecified atom stereocenters. The molecule has 0 radical (unpaired) electrons. The molecule has 2 aliphatic rings. The minimum absolute atomic E-state index is 0.0873. The molecule has 212 valence electrons. The van der Waals surface area contributed by atoms with Gasteiger partial charge in [-0.25, -0.2) is 0 Å². The van der Waals surface area contributed by atoms with Crippen molar-refractivity contribution in [3.8, 4) is 12.1 Å². The largest absolute Gasteiger partial charge is 0.372 e. The molecule has 1 aliphatic carbocycles. The van der Waals surface area contributed by atoms with Gasteiger partial charge >= 0.3 is 0 Å². The maximum atomic E-state index is 13.6. The zero-order valence-electron chi connectivity index (χ0n) is 24.3. The standard InChI is InChI=1S/C32H33N8OS/c1-5-38(6-2)24-13-11-23(12-14-24)36-37-32-35-31(39-15-17-40(3,4)18-16-39)28(42-32)19-27-29(22(20-33)21-34)25-9-7-8-10-26(25)30(27)41/h7-14,19H,5-6,15-18H2,1-4H3/q+1/b27-19-,37-36?. The van der Waals surface area contributed by atoms with Crippen LogP contribution >= 0.6 is 11.3 Å². The van der Waals surface area contributed by atoms with Crippen molar-refractivity contribution in [3.05, 3.63) is 75.7 Å². The number of allylic oxidation sites excluding steroid dienone is 3. The van der Waals surface area contributed by atoms with Gasteiger partial charge in [0.05, 0.1) is 50.8 Å². The summed E-state index contributed by atoms with van der Waals surface area (Å²) in [6.45, 7) is 9.62. The lowest BCUT2D eigenvalue weighted by atomic mass is 9.99. The molecule has 1 saturated heterocycles. The number of carbonyl (C=O) groups is 1. The highest BCUT2D eigenvalue weighted by Gasteiger charge is 2.34. The highest BCUT2D eigenvalue weighted by molar-refractivity contribution is 7.16. The van der Waals surface area contributed by atoms with Crippen molar-refractivity contribution in [1.29, 1.82) is 10.5 Å². The third kappa shape index (κ3) is 5.73. The lowest BCUT2D eigenvalue weighted by Crippen LogP contribution is -2.55. The first-order chi connectivity index (χ1) is 20.3. The van der Waals surface area contributed by atoms with Crippen LogP contribution in [0.4, 0.5) is 22.3 Å². The zero-order chi connectivity index (χ0) is 29.9. The monoisotopic (exact) mass is 577 g/mol. The fraction of sp³-hybridized carbons (Fsp3) is 0.312. The molecule has 0 amide bonds. The number of aromatic nitrogens is 1. The molecule has 0 spiro atoms. The van der Waals surface area contributed by atoms with Crippen molar-refractivity contribution < 1.29 is 9.28 Å². The lowest BCUT2D eigenvalue weighted by molar-refractivity contribution is -0.890. The van der Waals surface area contributed by atoms with Crippen LogP contribution in [-0.2, 0) is 0 Å². The molecule has 3 aromatic rings. The van der Waals surface area contributed by atoms with Crippen molar-refractivity contribution in [1.82, 2.24) is 4.98 Å². The van der Waals surface area contributed by atoms with E-state index in [1.54, 1.807) is 30.3 Å². The predicted molar refractivity (Wildman–Crippen MR) is 167 cm³/mol. The summed E-state index contributed by atoms with van der Waals surface area (Å²) in [6, 6.07) is 19.0. The summed E-state index contributed by atoms with van der Waals surface area (Å²) < 4.78 is 0.918. The van der Waals surface area contributed by atoms with E-state index in [-0.39, 0.29) is 11.4 Å². The summed E-state index contributed by atoms with van der Waals surface area (Å²) in [7, 11) is 4.42. The van der Waals surface area contributed by atoms with Crippen LogP contribution in [0.2, 0.25) is 0 Å². The SMILES string of the molecule is CCN(CC)c1ccc(N=Nc2nc(N3CC[N+](C)(C)CC3)c(/C=C3\C(=O)c4ccccc4C3=C(C#N)C#N)s2)cc1. The number of rotatable bonds is 7. The number of likely N-dealkylation sites (N-methyl/N-ethyl adjacent to an activating group) is 1. The van der Waals surface area contributed by atoms with Gasteiger partial charge in [0.25, 0.3) is 0 Å². The van der Waals surface area contributed by atoms with Gasteiger partial charge in [-0.1, -0.05) is 35.6 Å². The van der Waals surface area contributed by atoms with E-state index in [4.69, 9.17) is 4.98 Å². The molecular formula is C32H33N8OS+. The average molecular weight is 578 g/mol. The number of piperazine rings is 1. The molecule has 1 aliphatic heterocycles. The van der Waals surface area contributed by atoms with E-state index >= 15 is 0 Å². The zero-order valence-corrected chi connectivity index (χ0v) is 25.1. The number of ketones is 1. The summed E-state index contributed by atoms with van der Waals surface area (Å²) in [4.78, 5) is 23.7. The predicted octanol–water partition coefficient (Wildman–Crippen LogP) is 6.38. The molecule has 2 heterocycles. The Morgan fingerprint density at radius 1 is 1.02 bits per heavy atom. The molecule has 1 fully saturated rings. The van der Waals surface area contributed by atoms with Gasteiger partial charge in [0, 0.05) is 35.5 Å². The van der Waals surface area contributed by atoms with E-state index in [1.165, 1.54) is 11.3 Å².